The van der Waals surface area contributed by atoms with Crippen LogP contribution >= 0.6 is 0 Å². The summed E-state index contributed by atoms with van der Waals surface area (Å²) in [7, 11) is -0.746. The van der Waals surface area contributed by atoms with Crippen molar-refractivity contribution < 1.29 is 9.00 Å². The summed E-state index contributed by atoms with van der Waals surface area (Å²) in [5.41, 5.74) is 6.87. The van der Waals surface area contributed by atoms with E-state index in [-0.39, 0.29) is 6.04 Å². The highest BCUT2D eigenvalue weighted by Crippen LogP contribution is 2.17. The fraction of sp³-hybridized carbons (Fsp3) is 0.500. The maximum absolute atomic E-state index is 11.1. The van der Waals surface area contributed by atoms with Gasteiger partial charge in [-0.05, 0) is 38.0 Å². The summed E-state index contributed by atoms with van der Waals surface area (Å²) in [6, 6.07) is 7.48. The first kappa shape index (κ1) is 16.7. The van der Waals surface area contributed by atoms with Crippen molar-refractivity contribution in [3.05, 3.63) is 29.8 Å². The Hall–Kier alpha value is -1.40. The number of nitrogens with two attached hydrogens (primary N) is 1. The van der Waals surface area contributed by atoms with Crippen molar-refractivity contribution in [2.45, 2.75) is 32.4 Å². The third kappa shape index (κ3) is 6.16. The molecule has 3 atom stereocenters. The molecule has 1 aromatic rings. The highest BCUT2D eigenvalue weighted by molar-refractivity contribution is 7.84. The molecule has 5 nitrogen and oxygen atoms in total. The molecular formula is C14H23N3O2S. The Morgan fingerprint density at radius 3 is 2.40 bits per heavy atom. The number of amides is 2. The van der Waals surface area contributed by atoms with Crippen molar-refractivity contribution in [1.29, 1.82) is 0 Å². The Labute approximate surface area is 122 Å². The van der Waals surface area contributed by atoms with Crippen LogP contribution in [0.2, 0.25) is 0 Å². The van der Waals surface area contributed by atoms with Crippen LogP contribution in [0.15, 0.2) is 24.3 Å². The van der Waals surface area contributed by atoms with E-state index in [4.69, 9.17) is 5.73 Å². The van der Waals surface area contributed by atoms with Crippen LogP contribution in [0.5, 0.6) is 0 Å². The minimum Gasteiger partial charge on any atom is -0.351 e. The van der Waals surface area contributed by atoms with Gasteiger partial charge in [-0.3, -0.25) is 4.21 Å². The van der Waals surface area contributed by atoms with Gasteiger partial charge < -0.3 is 16.4 Å². The number of hydrogen-bond donors (Lipinski definition) is 3. The maximum Gasteiger partial charge on any atom is 0.316 e. The summed E-state index contributed by atoms with van der Waals surface area (Å²) in [6.07, 6.45) is 2.61. The molecule has 0 aliphatic rings. The lowest BCUT2D eigenvalue weighted by Gasteiger charge is -2.20. The summed E-state index contributed by atoms with van der Waals surface area (Å²) < 4.78 is 11.1. The van der Waals surface area contributed by atoms with E-state index in [0.717, 1.165) is 12.0 Å². The van der Waals surface area contributed by atoms with Crippen LogP contribution in [0.1, 0.15) is 31.9 Å². The molecule has 0 spiro atoms. The van der Waals surface area contributed by atoms with E-state index in [2.05, 4.69) is 24.5 Å². The number of benzene rings is 1. The highest BCUT2D eigenvalue weighted by atomic mass is 32.2. The number of anilines is 1. The first-order chi connectivity index (χ1) is 9.38. The van der Waals surface area contributed by atoms with Gasteiger partial charge in [0.1, 0.15) is 0 Å². The van der Waals surface area contributed by atoms with Gasteiger partial charge in [0.25, 0.3) is 0 Å². The van der Waals surface area contributed by atoms with Crippen molar-refractivity contribution in [1.82, 2.24) is 5.32 Å². The second kappa shape index (κ2) is 8.01. The second-order valence-electron chi connectivity index (χ2n) is 4.97. The van der Waals surface area contributed by atoms with Gasteiger partial charge in [0.2, 0.25) is 0 Å². The molecule has 4 N–H and O–H groups in total. The largest absolute Gasteiger partial charge is 0.351 e. The zero-order chi connectivity index (χ0) is 15.1. The molecular weight excluding hydrogens is 274 g/mol. The second-order valence-corrected chi connectivity index (χ2v) is 6.52. The van der Waals surface area contributed by atoms with E-state index in [1.165, 1.54) is 0 Å². The van der Waals surface area contributed by atoms with E-state index in [1.807, 2.05) is 24.3 Å². The molecule has 0 aliphatic heterocycles. The Morgan fingerprint density at radius 1 is 1.30 bits per heavy atom. The zero-order valence-corrected chi connectivity index (χ0v) is 13.0. The van der Waals surface area contributed by atoms with Crippen molar-refractivity contribution in [3.8, 4) is 0 Å². The molecule has 112 valence electrons. The Balaban J connectivity index is 2.52. The van der Waals surface area contributed by atoms with Crippen molar-refractivity contribution in [2.75, 3.05) is 17.3 Å². The van der Waals surface area contributed by atoms with Gasteiger partial charge in [-0.25, -0.2) is 4.79 Å². The van der Waals surface area contributed by atoms with Gasteiger partial charge in [-0.1, -0.05) is 12.1 Å². The van der Waals surface area contributed by atoms with Gasteiger partial charge in [0, 0.05) is 40.6 Å². The number of primary amides is 1. The number of hydrogen-bond acceptors (Lipinski definition) is 3. The average Bonchev–Trinajstić information content (AvgIpc) is 2.36. The SMILES string of the molecule is CC(CCS(C)=O)NC(C)c1ccc(NC(N)=O)cc1. The summed E-state index contributed by atoms with van der Waals surface area (Å²) in [6.45, 7) is 4.17. The number of nitrogens with one attached hydrogen (secondary N) is 2. The van der Waals surface area contributed by atoms with Crippen LogP contribution < -0.4 is 16.4 Å². The molecule has 1 aromatic carbocycles. The topological polar surface area (TPSA) is 84.2 Å². The molecule has 2 amide bonds. The van der Waals surface area contributed by atoms with Crippen LogP contribution in [0.3, 0.4) is 0 Å². The Morgan fingerprint density at radius 2 is 1.90 bits per heavy atom. The van der Waals surface area contributed by atoms with Crippen molar-refractivity contribution in [3.63, 3.8) is 0 Å². The van der Waals surface area contributed by atoms with E-state index in [1.54, 1.807) is 6.26 Å². The van der Waals surface area contributed by atoms with Crippen LogP contribution in [-0.2, 0) is 10.8 Å². The predicted molar refractivity (Wildman–Crippen MR) is 84.2 cm³/mol. The smallest absolute Gasteiger partial charge is 0.316 e. The van der Waals surface area contributed by atoms with Crippen LogP contribution in [0.4, 0.5) is 10.5 Å². The lowest BCUT2D eigenvalue weighted by molar-refractivity contribution is 0.259. The molecule has 0 fully saturated rings. The average molecular weight is 297 g/mol. The molecule has 0 bridgehead atoms. The monoisotopic (exact) mass is 297 g/mol. The Bertz CT molecular complexity index is 462. The highest BCUT2D eigenvalue weighted by Gasteiger charge is 2.10. The summed E-state index contributed by atoms with van der Waals surface area (Å²) in [5.74, 6) is 0.711. The third-order valence-corrected chi connectivity index (χ3v) is 3.86. The first-order valence-electron chi connectivity index (χ1n) is 6.61. The molecule has 0 radical (unpaired) electrons. The molecule has 0 aromatic heterocycles. The zero-order valence-electron chi connectivity index (χ0n) is 12.2. The predicted octanol–water partition coefficient (Wildman–Crippen LogP) is 1.98. The lowest BCUT2D eigenvalue weighted by Crippen LogP contribution is -2.30. The summed E-state index contributed by atoms with van der Waals surface area (Å²) in [4.78, 5) is 10.7. The number of urea groups is 1. The van der Waals surface area contributed by atoms with Gasteiger partial charge in [0.05, 0.1) is 0 Å². The molecule has 0 saturated carbocycles. The summed E-state index contributed by atoms with van der Waals surface area (Å²) in [5, 5.41) is 5.99. The van der Waals surface area contributed by atoms with E-state index in [0.29, 0.717) is 17.5 Å². The van der Waals surface area contributed by atoms with Gasteiger partial charge in [-0.2, -0.15) is 0 Å². The number of carbonyl (C=O) groups excluding carboxylic acids is 1. The molecule has 1 rings (SSSR count). The van der Waals surface area contributed by atoms with Gasteiger partial charge >= 0.3 is 6.03 Å². The fourth-order valence-electron chi connectivity index (χ4n) is 1.95. The number of rotatable bonds is 7. The molecule has 0 aliphatic carbocycles. The first-order valence-corrected chi connectivity index (χ1v) is 8.33. The molecule has 3 unspecified atom stereocenters. The standard InChI is InChI=1S/C14H23N3O2S/c1-10(8-9-20(3)19)16-11(2)12-4-6-13(7-5-12)17-14(15)18/h4-7,10-11,16H,8-9H2,1-3H3,(H3,15,17,18). The van der Waals surface area contributed by atoms with E-state index in [9.17, 15) is 9.00 Å². The molecule has 6 heteroatoms. The van der Waals surface area contributed by atoms with Crippen LogP contribution in [0, 0.1) is 0 Å². The summed E-state index contributed by atoms with van der Waals surface area (Å²) >= 11 is 0. The van der Waals surface area contributed by atoms with Crippen molar-refractivity contribution in [2.24, 2.45) is 5.73 Å². The van der Waals surface area contributed by atoms with E-state index >= 15 is 0 Å². The third-order valence-electron chi connectivity index (χ3n) is 3.05. The lowest BCUT2D eigenvalue weighted by atomic mass is 10.1. The fourth-order valence-corrected chi connectivity index (χ4v) is 2.63. The van der Waals surface area contributed by atoms with Crippen LogP contribution in [-0.4, -0.2) is 28.3 Å². The molecule has 0 saturated heterocycles. The molecule has 20 heavy (non-hydrogen) atoms. The Kier molecular flexibility index (Phi) is 6.67. The maximum atomic E-state index is 11.1. The minimum atomic E-state index is -0.746. The van der Waals surface area contributed by atoms with Crippen LogP contribution in [0.25, 0.3) is 0 Å². The van der Waals surface area contributed by atoms with Gasteiger partial charge in [-0.15, -0.1) is 0 Å². The van der Waals surface area contributed by atoms with Gasteiger partial charge in [0.15, 0.2) is 0 Å². The number of carbonyl (C=O) groups is 1. The normalized spacial score (nSPS) is 15.3. The minimum absolute atomic E-state index is 0.193. The quantitative estimate of drug-likeness (QED) is 0.719. The molecule has 0 heterocycles. The van der Waals surface area contributed by atoms with Crippen molar-refractivity contribution >= 4 is 22.5 Å². The van der Waals surface area contributed by atoms with E-state index < -0.39 is 16.8 Å².